The maximum atomic E-state index is 14.1. The number of aromatic nitrogens is 1. The zero-order valence-corrected chi connectivity index (χ0v) is 17.9. The van der Waals surface area contributed by atoms with Crippen molar-refractivity contribution in [3.8, 4) is 0 Å². The van der Waals surface area contributed by atoms with Gasteiger partial charge in [-0.15, -0.1) is 0 Å². The molecular formula is C24H24FN3O3. The van der Waals surface area contributed by atoms with Gasteiger partial charge >= 0.3 is 6.09 Å². The average Bonchev–Trinajstić information content (AvgIpc) is 3.06. The molecule has 1 atom stereocenters. The van der Waals surface area contributed by atoms with Crippen molar-refractivity contribution in [1.29, 1.82) is 0 Å². The number of nitrogens with one attached hydrogen (secondary N) is 1. The molecule has 1 unspecified atom stereocenters. The lowest BCUT2D eigenvalue weighted by molar-refractivity contribution is -0.126. The van der Waals surface area contributed by atoms with Crippen LogP contribution in [0, 0.1) is 5.82 Å². The van der Waals surface area contributed by atoms with E-state index in [1.165, 1.54) is 30.1 Å². The highest BCUT2D eigenvalue weighted by molar-refractivity contribution is 6.06. The van der Waals surface area contributed by atoms with Crippen molar-refractivity contribution in [3.05, 3.63) is 71.8 Å². The molecule has 4 rings (SSSR count). The van der Waals surface area contributed by atoms with Gasteiger partial charge in [0.25, 0.3) is 5.91 Å². The van der Waals surface area contributed by atoms with Crippen molar-refractivity contribution in [2.75, 3.05) is 11.9 Å². The van der Waals surface area contributed by atoms with E-state index in [4.69, 9.17) is 4.74 Å². The molecule has 160 valence electrons. The molecular weight excluding hydrogens is 397 g/mol. The molecule has 2 aromatic carbocycles. The van der Waals surface area contributed by atoms with Crippen LogP contribution in [-0.4, -0.2) is 29.6 Å². The summed E-state index contributed by atoms with van der Waals surface area (Å²) in [6.45, 7) is 5.26. The first-order valence-corrected chi connectivity index (χ1v) is 10.1. The summed E-state index contributed by atoms with van der Waals surface area (Å²) in [5.74, 6) is -0.875. The summed E-state index contributed by atoms with van der Waals surface area (Å²) < 4.78 is 19.8. The molecule has 31 heavy (non-hydrogen) atoms. The van der Waals surface area contributed by atoms with Gasteiger partial charge in [-0.1, -0.05) is 24.3 Å². The van der Waals surface area contributed by atoms with Crippen LogP contribution in [0.3, 0.4) is 0 Å². The molecule has 7 heteroatoms. The number of benzene rings is 2. The van der Waals surface area contributed by atoms with Crippen LogP contribution >= 0.6 is 0 Å². The third kappa shape index (κ3) is 3.40. The van der Waals surface area contributed by atoms with E-state index in [0.717, 1.165) is 10.8 Å². The van der Waals surface area contributed by atoms with E-state index >= 15 is 0 Å². The molecule has 2 amide bonds. The number of hydrogen-bond donors (Lipinski definition) is 1. The van der Waals surface area contributed by atoms with Gasteiger partial charge in [0.05, 0.1) is 11.4 Å². The minimum absolute atomic E-state index is 0.0695. The first-order chi connectivity index (χ1) is 14.7. The lowest BCUT2D eigenvalue weighted by Crippen LogP contribution is -2.58. The van der Waals surface area contributed by atoms with Crippen LogP contribution in [0.4, 0.5) is 14.9 Å². The molecule has 1 aliphatic rings. The Morgan fingerprint density at radius 2 is 1.90 bits per heavy atom. The second-order valence-electron chi connectivity index (χ2n) is 8.59. The van der Waals surface area contributed by atoms with Gasteiger partial charge in [0, 0.05) is 25.1 Å². The fraction of sp³-hybridized carbons (Fsp3) is 0.292. The minimum atomic E-state index is -1.53. The number of pyridine rings is 1. The van der Waals surface area contributed by atoms with E-state index in [9.17, 15) is 14.0 Å². The lowest BCUT2D eigenvalue weighted by Gasteiger charge is -2.37. The highest BCUT2D eigenvalue weighted by Gasteiger charge is 2.56. The Labute approximate surface area is 180 Å². The fourth-order valence-electron chi connectivity index (χ4n) is 4.17. The third-order valence-electron chi connectivity index (χ3n) is 5.35. The predicted molar refractivity (Wildman–Crippen MR) is 116 cm³/mol. The van der Waals surface area contributed by atoms with Crippen molar-refractivity contribution in [3.63, 3.8) is 0 Å². The van der Waals surface area contributed by atoms with E-state index in [-0.39, 0.29) is 6.42 Å². The van der Waals surface area contributed by atoms with E-state index in [2.05, 4.69) is 10.3 Å². The molecule has 1 N–H and O–H groups in total. The van der Waals surface area contributed by atoms with Gasteiger partial charge in [-0.3, -0.25) is 14.7 Å². The molecule has 3 aromatic rings. The molecule has 0 spiro atoms. The van der Waals surface area contributed by atoms with E-state index in [1.807, 2.05) is 30.3 Å². The van der Waals surface area contributed by atoms with Crippen LogP contribution in [0.25, 0.3) is 10.8 Å². The van der Waals surface area contributed by atoms with Crippen LogP contribution in [0.2, 0.25) is 0 Å². The molecule has 1 aliphatic heterocycles. The van der Waals surface area contributed by atoms with Gasteiger partial charge in [0.1, 0.15) is 11.4 Å². The van der Waals surface area contributed by atoms with Crippen molar-refractivity contribution < 1.29 is 18.7 Å². The standard InChI is InChI=1S/C24H24FN3O3/c1-23(2,3)31-22(30)28-19-10-9-17(25)13-16(19)14-24(28,21(29)26-4)20-18-8-6-5-7-15(18)11-12-27-20/h5-13H,14H2,1-4H3,(H,26,29). The van der Waals surface area contributed by atoms with Gasteiger partial charge in [-0.2, -0.15) is 0 Å². The maximum absolute atomic E-state index is 14.1. The zero-order valence-electron chi connectivity index (χ0n) is 17.9. The molecule has 0 radical (unpaired) electrons. The van der Waals surface area contributed by atoms with Gasteiger partial charge in [0.2, 0.25) is 0 Å². The highest BCUT2D eigenvalue weighted by atomic mass is 19.1. The summed E-state index contributed by atoms with van der Waals surface area (Å²) in [4.78, 5) is 32.9. The number of rotatable bonds is 2. The predicted octanol–water partition coefficient (Wildman–Crippen LogP) is 4.31. The zero-order chi connectivity index (χ0) is 22.4. The van der Waals surface area contributed by atoms with E-state index in [0.29, 0.717) is 16.9 Å². The van der Waals surface area contributed by atoms with Gasteiger partial charge in [-0.25, -0.2) is 9.18 Å². The van der Waals surface area contributed by atoms with Gasteiger partial charge in [0.15, 0.2) is 5.54 Å². The topological polar surface area (TPSA) is 71.5 Å². The number of nitrogens with zero attached hydrogens (tertiary/aromatic N) is 2. The second kappa shape index (κ2) is 7.34. The molecule has 0 aliphatic carbocycles. The number of carbonyl (C=O) groups is 2. The van der Waals surface area contributed by atoms with E-state index < -0.39 is 29.0 Å². The van der Waals surface area contributed by atoms with Gasteiger partial charge in [-0.05, 0) is 56.0 Å². The highest BCUT2D eigenvalue weighted by Crippen LogP contribution is 2.47. The van der Waals surface area contributed by atoms with Crippen LogP contribution in [0.1, 0.15) is 32.0 Å². The quantitative estimate of drug-likeness (QED) is 0.669. The molecule has 0 fully saturated rings. The minimum Gasteiger partial charge on any atom is -0.443 e. The Kier molecular flexibility index (Phi) is 4.92. The third-order valence-corrected chi connectivity index (χ3v) is 5.35. The average molecular weight is 421 g/mol. The summed E-state index contributed by atoms with van der Waals surface area (Å²) >= 11 is 0. The van der Waals surface area contributed by atoms with E-state index in [1.54, 1.807) is 27.0 Å². The SMILES string of the molecule is CNC(=O)C1(c2nccc3ccccc23)Cc2cc(F)ccc2N1C(=O)OC(C)(C)C. The van der Waals surface area contributed by atoms with Crippen molar-refractivity contribution in [1.82, 2.24) is 10.3 Å². The largest absolute Gasteiger partial charge is 0.443 e. The summed E-state index contributed by atoms with van der Waals surface area (Å²) in [6.07, 6.45) is 0.982. The summed E-state index contributed by atoms with van der Waals surface area (Å²) in [5, 5.41) is 4.29. The molecule has 0 saturated heterocycles. The normalized spacial score (nSPS) is 18.0. The Hall–Kier alpha value is -3.48. The van der Waals surface area contributed by atoms with Crippen molar-refractivity contribution in [2.24, 2.45) is 0 Å². The second-order valence-corrected chi connectivity index (χ2v) is 8.59. The summed E-state index contributed by atoms with van der Waals surface area (Å²) in [7, 11) is 1.51. The Morgan fingerprint density at radius 1 is 1.16 bits per heavy atom. The number of halogens is 1. The number of likely N-dealkylation sites (N-methyl/N-ethyl adjacent to an activating group) is 1. The summed E-state index contributed by atoms with van der Waals surface area (Å²) in [5.41, 5.74) is -0.959. The molecule has 1 aromatic heterocycles. The maximum Gasteiger partial charge on any atom is 0.416 e. The first kappa shape index (κ1) is 20.8. The number of hydrogen-bond acceptors (Lipinski definition) is 4. The van der Waals surface area contributed by atoms with Crippen LogP contribution in [-0.2, 0) is 21.5 Å². The Morgan fingerprint density at radius 3 is 2.61 bits per heavy atom. The van der Waals surface area contributed by atoms with Crippen molar-refractivity contribution >= 4 is 28.5 Å². The molecule has 0 saturated carbocycles. The number of ether oxygens (including phenoxy) is 1. The molecule has 0 bridgehead atoms. The first-order valence-electron chi connectivity index (χ1n) is 10.1. The number of carbonyl (C=O) groups excluding carboxylic acids is 2. The smallest absolute Gasteiger partial charge is 0.416 e. The van der Waals surface area contributed by atoms with Crippen LogP contribution in [0.15, 0.2) is 54.7 Å². The van der Waals surface area contributed by atoms with Crippen molar-refractivity contribution in [2.45, 2.75) is 38.3 Å². The van der Waals surface area contributed by atoms with Crippen LogP contribution < -0.4 is 10.2 Å². The monoisotopic (exact) mass is 421 g/mol. The Balaban J connectivity index is 2.03. The molecule has 2 heterocycles. The number of anilines is 1. The van der Waals surface area contributed by atoms with Gasteiger partial charge < -0.3 is 10.1 Å². The van der Waals surface area contributed by atoms with Crippen LogP contribution in [0.5, 0.6) is 0 Å². The number of amides is 2. The summed E-state index contributed by atoms with van der Waals surface area (Å²) in [6, 6.07) is 13.5. The number of fused-ring (bicyclic) bond motifs is 2. The Bertz CT molecular complexity index is 1180. The molecule has 6 nitrogen and oxygen atoms in total. The fourth-order valence-corrected chi connectivity index (χ4v) is 4.17. The lowest BCUT2D eigenvalue weighted by atomic mass is 9.86.